The molecule has 0 spiro atoms. The van der Waals surface area contributed by atoms with Crippen LogP contribution in [0.5, 0.6) is 0 Å². The van der Waals surface area contributed by atoms with E-state index in [-0.39, 0.29) is 4.90 Å². The van der Waals surface area contributed by atoms with Gasteiger partial charge in [0.1, 0.15) is 5.58 Å². The second-order valence-electron chi connectivity index (χ2n) is 5.52. The van der Waals surface area contributed by atoms with Crippen molar-refractivity contribution in [3.8, 4) is 11.1 Å². The molecule has 25 heavy (non-hydrogen) atoms. The monoisotopic (exact) mass is 350 g/mol. The lowest BCUT2D eigenvalue weighted by Gasteiger charge is -2.10. The molecule has 0 aliphatic heterocycles. The van der Waals surface area contributed by atoms with Gasteiger partial charge in [0, 0.05) is 23.3 Å². The number of furan rings is 1. The van der Waals surface area contributed by atoms with Crippen LogP contribution in [0.1, 0.15) is 0 Å². The highest BCUT2D eigenvalue weighted by Crippen LogP contribution is 2.33. The number of rotatable bonds is 4. The molecule has 2 heterocycles. The third kappa shape index (κ3) is 2.99. The van der Waals surface area contributed by atoms with Crippen molar-refractivity contribution in [1.29, 1.82) is 0 Å². The summed E-state index contributed by atoms with van der Waals surface area (Å²) in [5, 5.41) is 0.820. The Kier molecular flexibility index (Phi) is 3.74. The molecular formula is C19H14N2O3S. The highest BCUT2D eigenvalue weighted by Gasteiger charge is 2.16. The van der Waals surface area contributed by atoms with Gasteiger partial charge in [-0.25, -0.2) is 8.42 Å². The summed E-state index contributed by atoms with van der Waals surface area (Å²) in [6.07, 6.45) is 4.96. The Labute approximate surface area is 145 Å². The van der Waals surface area contributed by atoms with Crippen molar-refractivity contribution in [3.05, 3.63) is 79.3 Å². The molecule has 2 aromatic carbocycles. The van der Waals surface area contributed by atoms with Crippen LogP contribution in [0.4, 0.5) is 5.69 Å². The van der Waals surface area contributed by atoms with E-state index in [4.69, 9.17) is 4.42 Å². The normalized spacial score (nSPS) is 11.5. The van der Waals surface area contributed by atoms with Crippen LogP contribution in [0.15, 0.2) is 88.6 Å². The number of anilines is 1. The lowest BCUT2D eigenvalue weighted by molar-refractivity contribution is 0.601. The molecule has 6 heteroatoms. The van der Waals surface area contributed by atoms with E-state index in [1.165, 1.54) is 0 Å². The van der Waals surface area contributed by atoms with E-state index < -0.39 is 10.0 Å². The van der Waals surface area contributed by atoms with E-state index in [1.807, 2.05) is 12.1 Å². The minimum absolute atomic E-state index is 0.216. The average Bonchev–Trinajstić information content (AvgIpc) is 3.11. The number of hydrogen-bond acceptors (Lipinski definition) is 4. The quantitative estimate of drug-likeness (QED) is 0.596. The molecule has 4 aromatic rings. The molecule has 5 nitrogen and oxygen atoms in total. The van der Waals surface area contributed by atoms with Gasteiger partial charge in [0.25, 0.3) is 10.0 Å². The minimum atomic E-state index is -3.66. The number of aromatic nitrogens is 1. The van der Waals surface area contributed by atoms with Gasteiger partial charge in [-0.2, -0.15) is 0 Å². The largest absolute Gasteiger partial charge is 0.464 e. The van der Waals surface area contributed by atoms with Crippen LogP contribution < -0.4 is 4.72 Å². The summed E-state index contributed by atoms with van der Waals surface area (Å²) in [5.41, 5.74) is 2.88. The number of pyridine rings is 1. The Hall–Kier alpha value is -3.12. The Morgan fingerprint density at radius 1 is 0.920 bits per heavy atom. The van der Waals surface area contributed by atoms with Gasteiger partial charge < -0.3 is 4.42 Å². The van der Waals surface area contributed by atoms with E-state index in [9.17, 15) is 8.42 Å². The number of sulfonamides is 1. The summed E-state index contributed by atoms with van der Waals surface area (Å²) in [5.74, 6) is 0. The molecule has 0 saturated heterocycles. The maximum absolute atomic E-state index is 12.6. The lowest BCUT2D eigenvalue weighted by Crippen LogP contribution is -2.12. The summed E-state index contributed by atoms with van der Waals surface area (Å²) >= 11 is 0. The molecule has 2 aromatic heterocycles. The molecule has 0 atom stereocenters. The van der Waals surface area contributed by atoms with Crippen LogP contribution in [0.25, 0.3) is 22.1 Å². The summed E-state index contributed by atoms with van der Waals surface area (Å²) in [6, 6.07) is 17.3. The number of nitrogens with zero attached hydrogens (tertiary/aromatic N) is 1. The molecule has 0 saturated carbocycles. The lowest BCUT2D eigenvalue weighted by atomic mass is 10.0. The molecule has 124 valence electrons. The molecule has 0 amide bonds. The van der Waals surface area contributed by atoms with E-state index in [2.05, 4.69) is 9.71 Å². The van der Waals surface area contributed by atoms with Gasteiger partial charge >= 0.3 is 0 Å². The van der Waals surface area contributed by atoms with Gasteiger partial charge in [-0.15, -0.1) is 0 Å². The van der Waals surface area contributed by atoms with Crippen LogP contribution in [-0.2, 0) is 10.0 Å². The number of nitrogens with one attached hydrogen (secondary N) is 1. The summed E-state index contributed by atoms with van der Waals surface area (Å²) in [6.45, 7) is 0. The van der Waals surface area contributed by atoms with Gasteiger partial charge in [0.05, 0.1) is 16.8 Å². The number of fused-ring (bicyclic) bond motifs is 1. The molecule has 0 unspecified atom stereocenters. The predicted octanol–water partition coefficient (Wildman–Crippen LogP) is 4.30. The molecule has 0 aliphatic rings. The first kappa shape index (κ1) is 15.4. The summed E-state index contributed by atoms with van der Waals surface area (Å²) in [7, 11) is -3.66. The zero-order valence-electron chi connectivity index (χ0n) is 13.1. The van der Waals surface area contributed by atoms with Crippen LogP contribution in [0, 0.1) is 0 Å². The van der Waals surface area contributed by atoms with E-state index >= 15 is 0 Å². The fourth-order valence-corrected chi connectivity index (χ4v) is 3.76. The van der Waals surface area contributed by atoms with Gasteiger partial charge in [0.2, 0.25) is 0 Å². The second-order valence-corrected chi connectivity index (χ2v) is 7.20. The molecule has 1 N–H and O–H groups in total. The van der Waals surface area contributed by atoms with Crippen molar-refractivity contribution in [2.75, 3.05) is 4.72 Å². The van der Waals surface area contributed by atoms with Gasteiger partial charge in [0.15, 0.2) is 0 Å². The smallest absolute Gasteiger partial charge is 0.261 e. The van der Waals surface area contributed by atoms with Crippen molar-refractivity contribution in [2.24, 2.45) is 0 Å². The first-order chi connectivity index (χ1) is 12.1. The van der Waals surface area contributed by atoms with Crippen LogP contribution in [0.3, 0.4) is 0 Å². The SMILES string of the molecule is O=S(=O)(Nc1cc(-c2ccncc2)c2occc2c1)c1ccccc1. The number of benzene rings is 2. The molecule has 0 radical (unpaired) electrons. The predicted molar refractivity (Wildman–Crippen MR) is 96.7 cm³/mol. The maximum Gasteiger partial charge on any atom is 0.261 e. The zero-order valence-corrected chi connectivity index (χ0v) is 13.9. The number of hydrogen-bond donors (Lipinski definition) is 1. The highest BCUT2D eigenvalue weighted by atomic mass is 32.2. The van der Waals surface area contributed by atoms with E-state index in [0.717, 1.165) is 16.5 Å². The Bertz CT molecular complexity index is 1120. The Morgan fingerprint density at radius 3 is 2.44 bits per heavy atom. The van der Waals surface area contributed by atoms with Crippen molar-refractivity contribution in [2.45, 2.75) is 4.90 Å². The molecule has 0 fully saturated rings. The third-order valence-corrected chi connectivity index (χ3v) is 5.25. The molecular weight excluding hydrogens is 336 g/mol. The Morgan fingerprint density at radius 2 is 1.68 bits per heavy atom. The van der Waals surface area contributed by atoms with Crippen LogP contribution >= 0.6 is 0 Å². The van der Waals surface area contributed by atoms with E-state index in [0.29, 0.717) is 11.3 Å². The minimum Gasteiger partial charge on any atom is -0.464 e. The van der Waals surface area contributed by atoms with Crippen molar-refractivity contribution in [1.82, 2.24) is 4.98 Å². The second kappa shape index (κ2) is 6.07. The topological polar surface area (TPSA) is 72.2 Å². The highest BCUT2D eigenvalue weighted by molar-refractivity contribution is 7.92. The molecule has 0 aliphatic carbocycles. The van der Waals surface area contributed by atoms with Crippen LogP contribution in [0.2, 0.25) is 0 Å². The van der Waals surface area contributed by atoms with E-state index in [1.54, 1.807) is 67.2 Å². The standard InChI is InChI=1S/C19H14N2O3S/c22-25(23,17-4-2-1-3-5-17)21-16-12-15-8-11-24-19(15)18(13-16)14-6-9-20-10-7-14/h1-13,21H. The van der Waals surface area contributed by atoms with Crippen LogP contribution in [-0.4, -0.2) is 13.4 Å². The zero-order chi connectivity index (χ0) is 17.3. The molecule has 0 bridgehead atoms. The summed E-state index contributed by atoms with van der Waals surface area (Å²) < 4.78 is 33.4. The Balaban J connectivity index is 1.81. The van der Waals surface area contributed by atoms with Crippen molar-refractivity contribution < 1.29 is 12.8 Å². The van der Waals surface area contributed by atoms with Gasteiger partial charge in [-0.05, 0) is 48.0 Å². The van der Waals surface area contributed by atoms with Crippen molar-refractivity contribution >= 4 is 26.7 Å². The maximum atomic E-state index is 12.6. The van der Waals surface area contributed by atoms with Gasteiger partial charge in [-0.1, -0.05) is 18.2 Å². The fraction of sp³-hybridized carbons (Fsp3) is 0. The van der Waals surface area contributed by atoms with Gasteiger partial charge in [-0.3, -0.25) is 9.71 Å². The first-order valence-electron chi connectivity index (χ1n) is 7.63. The van der Waals surface area contributed by atoms with Crippen molar-refractivity contribution in [3.63, 3.8) is 0 Å². The average molecular weight is 350 g/mol. The first-order valence-corrected chi connectivity index (χ1v) is 9.11. The third-order valence-electron chi connectivity index (χ3n) is 3.85. The molecule has 4 rings (SSSR count). The summed E-state index contributed by atoms with van der Waals surface area (Å²) in [4.78, 5) is 4.23. The fourth-order valence-electron chi connectivity index (χ4n) is 2.70.